The zero-order valence-electron chi connectivity index (χ0n) is 6.87. The normalized spacial score (nSPS) is 39.7. The van der Waals surface area contributed by atoms with Crippen molar-refractivity contribution in [2.75, 3.05) is 0 Å². The van der Waals surface area contributed by atoms with Crippen LogP contribution < -0.4 is 11.1 Å². The summed E-state index contributed by atoms with van der Waals surface area (Å²) >= 11 is 4.61. The first-order valence-corrected chi connectivity index (χ1v) is 4.36. The van der Waals surface area contributed by atoms with Crippen molar-refractivity contribution in [3.8, 4) is 0 Å². The first-order valence-electron chi connectivity index (χ1n) is 3.95. The maximum atomic E-state index is 10.4. The number of carboxylic acid groups (broad SMARTS) is 1. The highest BCUT2D eigenvalue weighted by molar-refractivity contribution is 7.80. The molecule has 3 rings (SSSR count). The van der Waals surface area contributed by atoms with E-state index in [1.165, 1.54) is 0 Å². The van der Waals surface area contributed by atoms with E-state index in [1.54, 1.807) is 0 Å². The third kappa shape index (κ3) is 1.21. The average molecular weight is 202 g/mol. The van der Waals surface area contributed by atoms with Crippen LogP contribution in [0.25, 0.3) is 0 Å². The molecule has 0 aromatic heterocycles. The van der Waals surface area contributed by atoms with E-state index in [0.29, 0.717) is 19.3 Å². The number of rotatable bonds is 2. The van der Waals surface area contributed by atoms with Crippen LogP contribution in [0.3, 0.4) is 0 Å². The molecule has 0 heterocycles. The molecular weight excluding hydrogens is 192 g/mol. The highest BCUT2D eigenvalue weighted by atomic mass is 32.1. The van der Waals surface area contributed by atoms with E-state index in [0.717, 1.165) is 0 Å². The zero-order chi connectivity index (χ0) is 9.69. The van der Waals surface area contributed by atoms with Crippen LogP contribution in [-0.4, -0.2) is 27.5 Å². The van der Waals surface area contributed by atoms with Gasteiger partial charge in [-0.25, -0.2) is 4.79 Å². The number of amides is 1. The summed E-state index contributed by atoms with van der Waals surface area (Å²) in [6, 6.07) is 0. The highest BCUT2D eigenvalue weighted by Crippen LogP contribution is 2.62. The van der Waals surface area contributed by atoms with Gasteiger partial charge in [-0.3, -0.25) is 0 Å². The average Bonchev–Trinajstić information content (AvgIpc) is 1.77. The van der Waals surface area contributed by atoms with Crippen LogP contribution >= 0.6 is 12.2 Å². The molecule has 13 heavy (non-hydrogen) atoms. The van der Waals surface area contributed by atoms with Gasteiger partial charge in [0.2, 0.25) is 0 Å². The second-order valence-corrected chi connectivity index (χ2v) is 4.25. The monoisotopic (exact) mass is 202 g/mol. The van der Waals surface area contributed by atoms with E-state index in [2.05, 4.69) is 17.5 Å². The van der Waals surface area contributed by atoms with Gasteiger partial charge in [-0.1, -0.05) is 0 Å². The van der Waals surface area contributed by atoms with Gasteiger partial charge in [0.25, 0.3) is 5.17 Å². The lowest BCUT2D eigenvalue weighted by Gasteiger charge is -2.68. The summed E-state index contributed by atoms with van der Waals surface area (Å²) in [6.45, 7) is 0. The van der Waals surface area contributed by atoms with Crippen molar-refractivity contribution in [3.63, 3.8) is 0 Å². The van der Waals surface area contributed by atoms with Gasteiger partial charge >= 0.3 is 6.09 Å². The Kier molecular flexibility index (Phi) is 1.48. The number of thiocarbonyl (C=S) groups is 1. The molecular formula is C7H10N2O3S. The summed E-state index contributed by atoms with van der Waals surface area (Å²) in [5.74, 6) is 0. The standard InChI is InChI=1S/C7H10N2O3S/c8-4(13)12-7-1-6(2-7,3-7)9-5(10)11/h9H,1-3H2,(H2,8,13)(H,10,11). The number of carbonyl (C=O) groups is 1. The smallest absolute Gasteiger partial charge is 0.405 e. The van der Waals surface area contributed by atoms with Gasteiger partial charge in [-0.15, -0.1) is 0 Å². The molecule has 2 bridgehead atoms. The predicted octanol–water partition coefficient (Wildman–Crippen LogP) is 0.189. The molecule has 0 atom stereocenters. The Morgan fingerprint density at radius 1 is 1.54 bits per heavy atom. The summed E-state index contributed by atoms with van der Waals surface area (Å²) in [5, 5.41) is 11.0. The zero-order valence-corrected chi connectivity index (χ0v) is 7.69. The molecule has 4 N–H and O–H groups in total. The summed E-state index contributed by atoms with van der Waals surface area (Å²) < 4.78 is 5.22. The summed E-state index contributed by atoms with van der Waals surface area (Å²) in [6.07, 6.45) is 1.07. The van der Waals surface area contributed by atoms with Crippen LogP contribution in [0.4, 0.5) is 4.79 Å². The topological polar surface area (TPSA) is 84.6 Å². The van der Waals surface area contributed by atoms with E-state index in [1.807, 2.05) is 0 Å². The minimum atomic E-state index is -0.983. The van der Waals surface area contributed by atoms with Crippen molar-refractivity contribution in [2.45, 2.75) is 30.4 Å². The molecule has 0 unspecified atom stereocenters. The molecule has 0 radical (unpaired) electrons. The fraction of sp³-hybridized carbons (Fsp3) is 0.714. The molecule has 5 nitrogen and oxygen atoms in total. The first kappa shape index (κ1) is 8.55. The van der Waals surface area contributed by atoms with Crippen LogP contribution in [0.5, 0.6) is 0 Å². The van der Waals surface area contributed by atoms with Crippen molar-refractivity contribution >= 4 is 23.5 Å². The van der Waals surface area contributed by atoms with Gasteiger partial charge in [0.1, 0.15) is 5.60 Å². The Morgan fingerprint density at radius 3 is 2.46 bits per heavy atom. The quantitative estimate of drug-likeness (QED) is 0.557. The van der Waals surface area contributed by atoms with Gasteiger partial charge in [-0.2, -0.15) is 0 Å². The Bertz CT molecular complexity index is 246. The van der Waals surface area contributed by atoms with E-state index >= 15 is 0 Å². The predicted molar refractivity (Wildman–Crippen MR) is 48.3 cm³/mol. The maximum Gasteiger partial charge on any atom is 0.405 e. The third-order valence-corrected chi connectivity index (χ3v) is 2.75. The molecule has 0 aromatic carbocycles. The Balaban J connectivity index is 1.86. The molecule has 72 valence electrons. The number of nitrogens with one attached hydrogen (secondary N) is 1. The Morgan fingerprint density at radius 2 is 2.08 bits per heavy atom. The molecule has 0 aliphatic heterocycles. The van der Waals surface area contributed by atoms with Gasteiger partial charge in [0, 0.05) is 19.3 Å². The number of nitrogens with two attached hydrogens (primary N) is 1. The molecule has 6 heteroatoms. The van der Waals surface area contributed by atoms with Gasteiger partial charge in [-0.05, 0) is 12.2 Å². The van der Waals surface area contributed by atoms with Crippen molar-refractivity contribution in [1.29, 1.82) is 0 Å². The molecule has 3 fully saturated rings. The Hall–Kier alpha value is -1.04. The van der Waals surface area contributed by atoms with E-state index in [9.17, 15) is 4.79 Å². The van der Waals surface area contributed by atoms with Crippen LogP contribution in [0.15, 0.2) is 0 Å². The molecule has 3 saturated carbocycles. The van der Waals surface area contributed by atoms with E-state index in [-0.39, 0.29) is 16.3 Å². The molecule has 3 aliphatic carbocycles. The SMILES string of the molecule is NC(=S)OC12CC(NC(=O)O)(C1)C2. The summed E-state index contributed by atoms with van der Waals surface area (Å²) in [7, 11) is 0. The largest absolute Gasteiger partial charge is 0.465 e. The second-order valence-electron chi connectivity index (χ2n) is 3.84. The summed E-state index contributed by atoms with van der Waals surface area (Å²) in [5.41, 5.74) is 4.72. The molecule has 3 aliphatic rings. The fourth-order valence-corrected chi connectivity index (χ4v) is 2.55. The van der Waals surface area contributed by atoms with Crippen molar-refractivity contribution in [1.82, 2.24) is 5.32 Å². The molecule has 0 aromatic rings. The molecule has 0 saturated heterocycles. The van der Waals surface area contributed by atoms with E-state index < -0.39 is 6.09 Å². The Labute approximate surface area is 80.2 Å². The highest BCUT2D eigenvalue weighted by Gasteiger charge is 2.71. The maximum absolute atomic E-state index is 10.4. The number of hydrogen-bond acceptors (Lipinski definition) is 3. The lowest BCUT2D eigenvalue weighted by Crippen LogP contribution is -2.79. The second kappa shape index (κ2) is 2.25. The fourth-order valence-electron chi connectivity index (χ4n) is 2.38. The number of ether oxygens (including phenoxy) is 1. The van der Waals surface area contributed by atoms with Gasteiger partial charge in [0.05, 0.1) is 5.54 Å². The lowest BCUT2D eigenvalue weighted by atomic mass is 9.46. The minimum absolute atomic E-state index is 0.0450. The van der Waals surface area contributed by atoms with Crippen LogP contribution in [0.1, 0.15) is 19.3 Å². The van der Waals surface area contributed by atoms with Crippen LogP contribution in [0, 0.1) is 0 Å². The van der Waals surface area contributed by atoms with E-state index in [4.69, 9.17) is 15.6 Å². The van der Waals surface area contributed by atoms with Crippen molar-refractivity contribution in [3.05, 3.63) is 0 Å². The van der Waals surface area contributed by atoms with Crippen LogP contribution in [0.2, 0.25) is 0 Å². The van der Waals surface area contributed by atoms with Crippen molar-refractivity contribution in [2.24, 2.45) is 5.73 Å². The van der Waals surface area contributed by atoms with Crippen molar-refractivity contribution < 1.29 is 14.6 Å². The minimum Gasteiger partial charge on any atom is -0.465 e. The summed E-state index contributed by atoms with van der Waals surface area (Å²) in [4.78, 5) is 10.4. The lowest BCUT2D eigenvalue weighted by molar-refractivity contribution is -0.205. The van der Waals surface area contributed by atoms with Gasteiger partial charge in [0.15, 0.2) is 0 Å². The van der Waals surface area contributed by atoms with Crippen LogP contribution in [-0.2, 0) is 4.74 Å². The number of hydrogen-bond donors (Lipinski definition) is 3. The molecule has 0 spiro atoms. The van der Waals surface area contributed by atoms with Gasteiger partial charge < -0.3 is 20.9 Å². The molecule has 1 amide bonds. The third-order valence-electron chi connectivity index (χ3n) is 2.67. The first-order chi connectivity index (χ1) is 5.95.